The van der Waals surface area contributed by atoms with Gasteiger partial charge in [0.2, 0.25) is 0 Å². The third-order valence-corrected chi connectivity index (χ3v) is 1.45. The van der Waals surface area contributed by atoms with Gasteiger partial charge in [0.15, 0.2) is 5.84 Å². The highest BCUT2D eigenvalue weighted by atomic mass is 19.1. The molecule has 0 aliphatic rings. The molecule has 0 heterocycles. The standard InChI is InChI=1S/C8H9FN2O/c1-5-2-6(8(10)11-12)4-7(9)3-5/h2-4,12H,1H3,(H2,10,11). The molecule has 0 spiro atoms. The smallest absolute Gasteiger partial charge is 0.170 e. The molecule has 4 heteroatoms. The van der Waals surface area contributed by atoms with Crippen molar-refractivity contribution < 1.29 is 9.60 Å². The summed E-state index contributed by atoms with van der Waals surface area (Å²) in [7, 11) is 0. The topological polar surface area (TPSA) is 58.6 Å². The fourth-order valence-electron chi connectivity index (χ4n) is 0.942. The molecular weight excluding hydrogens is 159 g/mol. The van der Waals surface area contributed by atoms with Crippen LogP contribution in [0.3, 0.4) is 0 Å². The largest absolute Gasteiger partial charge is 0.409 e. The Labute approximate surface area is 69.3 Å². The van der Waals surface area contributed by atoms with Crippen LogP contribution in [0.5, 0.6) is 0 Å². The molecule has 0 unspecified atom stereocenters. The molecule has 0 aliphatic carbocycles. The van der Waals surface area contributed by atoms with Crippen molar-refractivity contribution in [2.45, 2.75) is 6.92 Å². The Morgan fingerprint density at radius 3 is 2.67 bits per heavy atom. The van der Waals surface area contributed by atoms with Gasteiger partial charge in [0, 0.05) is 5.56 Å². The van der Waals surface area contributed by atoms with E-state index in [9.17, 15) is 4.39 Å². The number of hydrogen-bond acceptors (Lipinski definition) is 2. The lowest BCUT2D eigenvalue weighted by Crippen LogP contribution is -2.13. The summed E-state index contributed by atoms with van der Waals surface area (Å²) in [6.45, 7) is 1.73. The summed E-state index contributed by atoms with van der Waals surface area (Å²) in [4.78, 5) is 0. The molecule has 64 valence electrons. The second-order valence-corrected chi connectivity index (χ2v) is 2.50. The van der Waals surface area contributed by atoms with Crippen LogP contribution in [0.1, 0.15) is 11.1 Å². The van der Waals surface area contributed by atoms with E-state index in [1.165, 1.54) is 12.1 Å². The van der Waals surface area contributed by atoms with Gasteiger partial charge in [-0.1, -0.05) is 5.16 Å². The first-order chi connectivity index (χ1) is 5.63. The second kappa shape index (κ2) is 3.21. The van der Waals surface area contributed by atoms with E-state index in [1.54, 1.807) is 13.0 Å². The Morgan fingerprint density at radius 1 is 1.50 bits per heavy atom. The van der Waals surface area contributed by atoms with Gasteiger partial charge in [-0.15, -0.1) is 0 Å². The van der Waals surface area contributed by atoms with Gasteiger partial charge in [0.1, 0.15) is 5.82 Å². The summed E-state index contributed by atoms with van der Waals surface area (Å²) in [5, 5.41) is 11.1. The molecule has 1 rings (SSSR count). The van der Waals surface area contributed by atoms with E-state index in [2.05, 4.69) is 5.16 Å². The van der Waals surface area contributed by atoms with E-state index in [0.29, 0.717) is 5.56 Å². The zero-order valence-corrected chi connectivity index (χ0v) is 6.58. The lowest BCUT2D eigenvalue weighted by Gasteiger charge is -1.99. The molecule has 3 nitrogen and oxygen atoms in total. The van der Waals surface area contributed by atoms with Crippen LogP contribution < -0.4 is 5.73 Å². The molecule has 0 fully saturated rings. The van der Waals surface area contributed by atoms with Crippen LogP contribution in [-0.2, 0) is 0 Å². The van der Waals surface area contributed by atoms with Crippen molar-refractivity contribution in [2.75, 3.05) is 0 Å². The quantitative estimate of drug-likeness (QED) is 0.287. The van der Waals surface area contributed by atoms with Crippen molar-refractivity contribution >= 4 is 5.84 Å². The van der Waals surface area contributed by atoms with Crippen LogP contribution in [0, 0.1) is 12.7 Å². The Hall–Kier alpha value is -1.58. The molecule has 0 atom stereocenters. The monoisotopic (exact) mass is 168 g/mol. The number of halogens is 1. The van der Waals surface area contributed by atoms with Crippen molar-refractivity contribution in [3.05, 3.63) is 35.1 Å². The van der Waals surface area contributed by atoms with Crippen LogP contribution in [0.4, 0.5) is 4.39 Å². The number of rotatable bonds is 1. The van der Waals surface area contributed by atoms with Gasteiger partial charge in [-0.2, -0.15) is 0 Å². The second-order valence-electron chi connectivity index (χ2n) is 2.50. The molecule has 0 amide bonds. The summed E-state index contributed by atoms with van der Waals surface area (Å²) in [5.41, 5.74) is 6.38. The number of nitrogens with zero attached hydrogens (tertiary/aromatic N) is 1. The lowest BCUT2D eigenvalue weighted by atomic mass is 10.1. The number of benzene rings is 1. The summed E-state index contributed by atoms with van der Waals surface area (Å²) in [6.07, 6.45) is 0. The molecule has 0 bridgehead atoms. The van der Waals surface area contributed by atoms with E-state index < -0.39 is 5.82 Å². The number of oxime groups is 1. The minimum absolute atomic E-state index is 0.0856. The molecule has 3 N–H and O–H groups in total. The first-order valence-electron chi connectivity index (χ1n) is 3.38. The van der Waals surface area contributed by atoms with E-state index >= 15 is 0 Å². The number of nitrogens with two attached hydrogens (primary N) is 1. The van der Waals surface area contributed by atoms with Gasteiger partial charge < -0.3 is 10.9 Å². The van der Waals surface area contributed by atoms with Crippen molar-refractivity contribution in [2.24, 2.45) is 10.9 Å². The van der Waals surface area contributed by atoms with Crippen LogP contribution >= 0.6 is 0 Å². The third kappa shape index (κ3) is 1.72. The van der Waals surface area contributed by atoms with E-state index in [0.717, 1.165) is 5.56 Å². The fourth-order valence-corrected chi connectivity index (χ4v) is 0.942. The number of aryl methyl sites for hydroxylation is 1. The molecule has 0 aliphatic heterocycles. The molecular formula is C8H9FN2O. The minimum Gasteiger partial charge on any atom is -0.409 e. The normalized spacial score (nSPS) is 11.7. The minimum atomic E-state index is -0.392. The van der Waals surface area contributed by atoms with Crippen molar-refractivity contribution in [1.82, 2.24) is 0 Å². The van der Waals surface area contributed by atoms with Crippen molar-refractivity contribution in [3.8, 4) is 0 Å². The average molecular weight is 168 g/mol. The molecule has 1 aromatic carbocycles. The maximum absolute atomic E-state index is 12.7. The first kappa shape index (κ1) is 8.52. The zero-order chi connectivity index (χ0) is 9.14. The maximum Gasteiger partial charge on any atom is 0.170 e. The van der Waals surface area contributed by atoms with E-state index in [-0.39, 0.29) is 5.84 Å². The van der Waals surface area contributed by atoms with Crippen LogP contribution in [0.2, 0.25) is 0 Å². The highest BCUT2D eigenvalue weighted by molar-refractivity contribution is 5.97. The Morgan fingerprint density at radius 2 is 2.17 bits per heavy atom. The van der Waals surface area contributed by atoms with Gasteiger partial charge in [0.25, 0.3) is 0 Å². The highest BCUT2D eigenvalue weighted by Gasteiger charge is 2.01. The summed E-state index contributed by atoms with van der Waals surface area (Å²) < 4.78 is 12.7. The van der Waals surface area contributed by atoms with Gasteiger partial charge >= 0.3 is 0 Å². The van der Waals surface area contributed by atoms with E-state index in [4.69, 9.17) is 10.9 Å². The summed E-state index contributed by atoms with van der Waals surface area (Å²) >= 11 is 0. The summed E-state index contributed by atoms with van der Waals surface area (Å²) in [6, 6.07) is 4.22. The summed E-state index contributed by atoms with van der Waals surface area (Å²) in [5.74, 6) is -0.478. The number of amidine groups is 1. The third-order valence-electron chi connectivity index (χ3n) is 1.45. The Bertz CT molecular complexity index is 303. The SMILES string of the molecule is Cc1cc(F)cc(/C(N)=N/O)c1. The zero-order valence-electron chi connectivity index (χ0n) is 6.58. The predicted molar refractivity (Wildman–Crippen MR) is 43.6 cm³/mol. The molecule has 0 aromatic heterocycles. The van der Waals surface area contributed by atoms with Crippen molar-refractivity contribution in [1.29, 1.82) is 0 Å². The molecule has 0 saturated heterocycles. The lowest BCUT2D eigenvalue weighted by molar-refractivity contribution is 0.318. The highest BCUT2D eigenvalue weighted by Crippen LogP contribution is 2.07. The molecule has 1 aromatic rings. The Kier molecular flexibility index (Phi) is 2.28. The maximum atomic E-state index is 12.7. The fraction of sp³-hybridized carbons (Fsp3) is 0.125. The molecule has 12 heavy (non-hydrogen) atoms. The average Bonchev–Trinajstić information content (AvgIpc) is 2.01. The van der Waals surface area contributed by atoms with Gasteiger partial charge in [-0.05, 0) is 30.7 Å². The van der Waals surface area contributed by atoms with Gasteiger partial charge in [0.05, 0.1) is 0 Å². The first-order valence-corrected chi connectivity index (χ1v) is 3.38. The molecule has 0 radical (unpaired) electrons. The molecule has 0 saturated carbocycles. The number of hydrogen-bond donors (Lipinski definition) is 2. The van der Waals surface area contributed by atoms with E-state index in [1.807, 2.05) is 0 Å². The Balaban J connectivity index is 3.17. The van der Waals surface area contributed by atoms with Crippen molar-refractivity contribution in [3.63, 3.8) is 0 Å². The van der Waals surface area contributed by atoms with Gasteiger partial charge in [-0.25, -0.2) is 4.39 Å². The van der Waals surface area contributed by atoms with Crippen LogP contribution in [0.15, 0.2) is 23.4 Å². The predicted octanol–water partition coefficient (Wildman–Crippen LogP) is 1.23. The van der Waals surface area contributed by atoms with Crippen LogP contribution in [0.25, 0.3) is 0 Å². The van der Waals surface area contributed by atoms with Gasteiger partial charge in [-0.3, -0.25) is 0 Å². The van der Waals surface area contributed by atoms with Crippen LogP contribution in [-0.4, -0.2) is 11.0 Å².